The van der Waals surface area contributed by atoms with E-state index in [1.54, 1.807) is 0 Å². The number of benzene rings is 1. The van der Waals surface area contributed by atoms with E-state index in [0.29, 0.717) is 0 Å². The van der Waals surface area contributed by atoms with Crippen LogP contribution in [0.5, 0.6) is 0 Å². The summed E-state index contributed by atoms with van der Waals surface area (Å²) in [5, 5.41) is -0.204. The molecule has 0 atom stereocenters. The summed E-state index contributed by atoms with van der Waals surface area (Å²) in [6.07, 6.45) is 0. The molecule has 0 unspecified atom stereocenters. The summed E-state index contributed by atoms with van der Waals surface area (Å²) >= 11 is 11.6. The van der Waals surface area contributed by atoms with Crippen molar-refractivity contribution in [3.8, 4) is 0 Å². The van der Waals surface area contributed by atoms with E-state index in [4.69, 9.17) is 28.9 Å². The average Bonchev–Trinajstić information content (AvgIpc) is 2.23. The molecule has 0 heterocycles. The Labute approximate surface area is 121 Å². The molecule has 0 aliphatic rings. The second-order valence-electron chi connectivity index (χ2n) is 3.93. The maximum Gasteiger partial charge on any atom is 0.244 e. The van der Waals surface area contributed by atoms with Crippen LogP contribution in [0.15, 0.2) is 17.0 Å². The van der Waals surface area contributed by atoms with Gasteiger partial charge in [-0.3, -0.25) is 4.79 Å². The lowest BCUT2D eigenvalue weighted by atomic mass is 10.3. The normalized spacial score (nSPS) is 11.4. The number of nitrogen functional groups attached to an aromatic ring is 1. The van der Waals surface area contributed by atoms with Crippen molar-refractivity contribution in [1.29, 1.82) is 0 Å². The van der Waals surface area contributed by atoms with Gasteiger partial charge in [-0.05, 0) is 12.1 Å². The van der Waals surface area contributed by atoms with Gasteiger partial charge < -0.3 is 10.6 Å². The first kappa shape index (κ1) is 16.0. The Morgan fingerprint density at radius 1 is 1.32 bits per heavy atom. The molecule has 19 heavy (non-hydrogen) atoms. The van der Waals surface area contributed by atoms with Crippen LogP contribution in [0.3, 0.4) is 0 Å². The zero-order valence-corrected chi connectivity index (χ0v) is 12.6. The number of halogens is 2. The number of amides is 1. The van der Waals surface area contributed by atoms with Gasteiger partial charge in [0.15, 0.2) is 0 Å². The Bertz CT molecular complexity index is 579. The molecule has 1 aromatic carbocycles. The number of sulfonamides is 1. The summed E-state index contributed by atoms with van der Waals surface area (Å²) in [4.78, 5) is 12.3. The molecule has 0 saturated carbocycles. The third kappa shape index (κ3) is 3.97. The summed E-state index contributed by atoms with van der Waals surface area (Å²) in [7, 11) is -0.957. The Morgan fingerprint density at radius 2 is 1.79 bits per heavy atom. The fourth-order valence-electron chi connectivity index (χ4n) is 1.22. The first-order valence-corrected chi connectivity index (χ1v) is 7.33. The van der Waals surface area contributed by atoms with E-state index in [0.717, 1.165) is 0 Å². The van der Waals surface area contributed by atoms with Crippen molar-refractivity contribution in [2.24, 2.45) is 0 Å². The number of hydrogen-bond acceptors (Lipinski definition) is 4. The average molecular weight is 326 g/mol. The van der Waals surface area contributed by atoms with E-state index in [-0.39, 0.29) is 27.2 Å². The number of hydrogen-bond donors (Lipinski definition) is 2. The van der Waals surface area contributed by atoms with Crippen LogP contribution < -0.4 is 10.5 Å². The Kier molecular flexibility index (Phi) is 5.03. The SMILES string of the molecule is CN(C)C(=O)CNS(=O)(=O)c1c(Cl)cc(N)cc1Cl. The van der Waals surface area contributed by atoms with Crippen molar-refractivity contribution < 1.29 is 13.2 Å². The van der Waals surface area contributed by atoms with E-state index in [2.05, 4.69) is 4.72 Å². The van der Waals surface area contributed by atoms with Crippen LogP contribution in [-0.4, -0.2) is 39.9 Å². The van der Waals surface area contributed by atoms with E-state index in [1.807, 2.05) is 0 Å². The van der Waals surface area contributed by atoms with Gasteiger partial charge in [0, 0.05) is 19.8 Å². The molecule has 1 amide bonds. The minimum absolute atomic E-state index is 0.102. The maximum atomic E-state index is 12.0. The first-order chi connectivity index (χ1) is 8.65. The highest BCUT2D eigenvalue weighted by Gasteiger charge is 2.23. The second kappa shape index (κ2) is 5.96. The lowest BCUT2D eigenvalue weighted by Gasteiger charge is -2.13. The predicted octanol–water partition coefficient (Wildman–Crippen LogP) is 0.942. The summed E-state index contributed by atoms with van der Waals surface area (Å²) in [5.74, 6) is -0.397. The maximum absolute atomic E-state index is 12.0. The number of likely N-dealkylation sites (N-methyl/N-ethyl adjacent to an activating group) is 1. The van der Waals surface area contributed by atoms with Crippen molar-refractivity contribution in [1.82, 2.24) is 9.62 Å². The molecule has 3 N–H and O–H groups in total. The third-order valence-electron chi connectivity index (χ3n) is 2.20. The third-order valence-corrected chi connectivity index (χ3v) is 4.52. The molecule has 0 saturated heterocycles. The Hall–Kier alpha value is -1.02. The summed E-state index contributed by atoms with van der Waals surface area (Å²) < 4.78 is 26.2. The highest BCUT2D eigenvalue weighted by molar-refractivity contribution is 7.89. The molecule has 0 aromatic heterocycles. The van der Waals surface area contributed by atoms with E-state index in [1.165, 1.54) is 31.1 Å². The fraction of sp³-hybridized carbons (Fsp3) is 0.300. The molecule has 9 heteroatoms. The van der Waals surface area contributed by atoms with Gasteiger partial charge in [0.1, 0.15) is 4.90 Å². The molecule has 106 valence electrons. The number of nitrogens with zero attached hydrogens (tertiary/aromatic N) is 1. The van der Waals surface area contributed by atoms with Crippen LogP contribution in [0.25, 0.3) is 0 Å². The predicted molar refractivity (Wildman–Crippen MR) is 74.8 cm³/mol. The van der Waals surface area contributed by atoms with E-state index < -0.39 is 15.9 Å². The van der Waals surface area contributed by atoms with Crippen molar-refractivity contribution in [3.05, 3.63) is 22.2 Å². The van der Waals surface area contributed by atoms with Gasteiger partial charge in [-0.2, -0.15) is 0 Å². The lowest BCUT2D eigenvalue weighted by Crippen LogP contribution is -2.36. The van der Waals surface area contributed by atoms with Crippen molar-refractivity contribution in [2.75, 3.05) is 26.4 Å². The summed E-state index contributed by atoms with van der Waals surface area (Å²) in [6.45, 7) is -0.383. The van der Waals surface area contributed by atoms with Crippen LogP contribution in [0.1, 0.15) is 0 Å². The van der Waals surface area contributed by atoms with Gasteiger partial charge in [-0.15, -0.1) is 0 Å². The van der Waals surface area contributed by atoms with Gasteiger partial charge in [0.25, 0.3) is 0 Å². The van der Waals surface area contributed by atoms with Gasteiger partial charge in [-0.1, -0.05) is 23.2 Å². The van der Waals surface area contributed by atoms with Gasteiger partial charge in [0.05, 0.1) is 16.6 Å². The zero-order chi connectivity index (χ0) is 14.8. The largest absolute Gasteiger partial charge is 0.399 e. The van der Waals surface area contributed by atoms with Crippen molar-refractivity contribution >= 4 is 44.8 Å². The number of carbonyl (C=O) groups is 1. The smallest absolute Gasteiger partial charge is 0.244 e. The van der Waals surface area contributed by atoms with Gasteiger partial charge in [-0.25, -0.2) is 13.1 Å². The molecular formula is C10H13Cl2N3O3S. The zero-order valence-electron chi connectivity index (χ0n) is 10.3. The minimum Gasteiger partial charge on any atom is -0.399 e. The molecule has 0 bridgehead atoms. The molecule has 6 nitrogen and oxygen atoms in total. The van der Waals surface area contributed by atoms with E-state index >= 15 is 0 Å². The van der Waals surface area contributed by atoms with Crippen LogP contribution >= 0.6 is 23.2 Å². The van der Waals surface area contributed by atoms with Crippen LogP contribution in [0.4, 0.5) is 5.69 Å². The highest BCUT2D eigenvalue weighted by atomic mass is 35.5. The minimum atomic E-state index is -3.98. The van der Waals surface area contributed by atoms with E-state index in [9.17, 15) is 13.2 Å². The Morgan fingerprint density at radius 3 is 2.21 bits per heavy atom. The summed E-state index contributed by atoms with van der Waals surface area (Å²) in [6, 6.07) is 2.55. The van der Waals surface area contributed by atoms with Crippen LogP contribution in [-0.2, 0) is 14.8 Å². The van der Waals surface area contributed by atoms with Crippen LogP contribution in [0.2, 0.25) is 10.0 Å². The highest BCUT2D eigenvalue weighted by Crippen LogP contribution is 2.31. The number of rotatable bonds is 4. The quantitative estimate of drug-likeness (QED) is 0.806. The summed E-state index contributed by atoms with van der Waals surface area (Å²) in [5.41, 5.74) is 5.74. The molecular weight excluding hydrogens is 313 g/mol. The molecule has 0 fully saturated rings. The standard InChI is InChI=1S/C10H13Cl2N3O3S/c1-15(2)9(16)5-14-19(17,18)10-7(11)3-6(13)4-8(10)12/h3-4,14H,5,13H2,1-2H3. The number of nitrogens with two attached hydrogens (primary N) is 1. The van der Waals surface area contributed by atoms with Crippen molar-refractivity contribution in [2.45, 2.75) is 4.90 Å². The van der Waals surface area contributed by atoms with Crippen LogP contribution in [0, 0.1) is 0 Å². The number of nitrogens with one attached hydrogen (secondary N) is 1. The monoisotopic (exact) mass is 325 g/mol. The van der Waals surface area contributed by atoms with Crippen molar-refractivity contribution in [3.63, 3.8) is 0 Å². The first-order valence-electron chi connectivity index (χ1n) is 5.09. The molecule has 0 radical (unpaired) electrons. The Balaban J connectivity index is 3.05. The molecule has 0 aliphatic carbocycles. The topological polar surface area (TPSA) is 92.5 Å². The lowest BCUT2D eigenvalue weighted by molar-refractivity contribution is -0.127. The molecule has 0 spiro atoms. The molecule has 1 rings (SSSR count). The van der Waals surface area contributed by atoms with Gasteiger partial charge >= 0.3 is 0 Å². The second-order valence-corrected chi connectivity index (χ2v) is 6.44. The van der Waals surface area contributed by atoms with Gasteiger partial charge in [0.2, 0.25) is 15.9 Å². The molecule has 0 aliphatic heterocycles. The number of anilines is 1. The molecule has 1 aromatic rings. The fourth-order valence-corrected chi connectivity index (χ4v) is 3.43. The number of carbonyl (C=O) groups excluding carboxylic acids is 1.